The second-order valence-electron chi connectivity index (χ2n) is 3.93. The van der Waals surface area contributed by atoms with Gasteiger partial charge in [-0.05, 0) is 19.1 Å². The number of ether oxygens (including phenoxy) is 1. The molecule has 0 saturated heterocycles. The van der Waals surface area contributed by atoms with Gasteiger partial charge in [-0.25, -0.2) is 0 Å². The molecule has 0 fully saturated rings. The Morgan fingerprint density at radius 2 is 2.11 bits per heavy atom. The summed E-state index contributed by atoms with van der Waals surface area (Å²) in [6.45, 7) is 3.33. The van der Waals surface area contributed by atoms with Crippen molar-refractivity contribution in [2.75, 3.05) is 26.0 Å². The number of halogens is 1. The average Bonchev–Trinajstić information content (AvgIpc) is 2.36. The predicted molar refractivity (Wildman–Crippen MR) is 93.5 cm³/mol. The number of methoxy groups -OCH3 is 1. The lowest BCUT2D eigenvalue weighted by Gasteiger charge is -2.12. The number of nitrogens with one attached hydrogen (secondary N) is 1. The Morgan fingerprint density at radius 1 is 1.42 bits per heavy atom. The lowest BCUT2D eigenvalue weighted by atomic mass is 10.4. The first-order valence-corrected chi connectivity index (χ1v) is 6.94. The molecule has 0 bridgehead atoms. The molecule has 0 aromatic heterocycles. The molecule has 4 nitrogen and oxygen atoms in total. The lowest BCUT2D eigenvalue weighted by molar-refractivity contribution is 0.179. The van der Waals surface area contributed by atoms with Crippen LogP contribution in [0.15, 0.2) is 40.2 Å². The van der Waals surface area contributed by atoms with E-state index in [0.717, 1.165) is 5.75 Å². The number of thioether (sulfide) groups is 1. The summed E-state index contributed by atoms with van der Waals surface area (Å²) >= 11 is 1.78. The van der Waals surface area contributed by atoms with Crippen LogP contribution in [0.5, 0.6) is 0 Å². The van der Waals surface area contributed by atoms with Crippen molar-refractivity contribution >= 4 is 41.7 Å². The minimum Gasteiger partial charge on any atom is -0.383 e. The van der Waals surface area contributed by atoms with Gasteiger partial charge in [0, 0.05) is 23.8 Å². The summed E-state index contributed by atoms with van der Waals surface area (Å²) in [6.07, 6.45) is 0. The standard InChI is InChI=1S/C13H21N3OS.HI/c1-11(10-17-2)16-13(14)15-8-9-18-12-6-4-3-5-7-12;/h3-7,11H,8-10H2,1-2H3,(H3,14,15,16);1H. The molecule has 108 valence electrons. The van der Waals surface area contributed by atoms with E-state index in [1.807, 2.05) is 25.1 Å². The molecule has 1 atom stereocenters. The molecule has 3 N–H and O–H groups in total. The molecule has 19 heavy (non-hydrogen) atoms. The van der Waals surface area contributed by atoms with Crippen LogP contribution in [0.4, 0.5) is 0 Å². The monoisotopic (exact) mass is 395 g/mol. The Kier molecular flexibility index (Phi) is 11.1. The molecule has 1 aromatic carbocycles. The summed E-state index contributed by atoms with van der Waals surface area (Å²) in [6, 6.07) is 10.5. The Hall–Kier alpha value is -0.470. The number of rotatable bonds is 7. The van der Waals surface area contributed by atoms with Gasteiger partial charge in [-0.1, -0.05) is 18.2 Å². The number of nitrogens with two attached hydrogens (primary N) is 1. The number of hydrogen-bond donors (Lipinski definition) is 2. The quantitative estimate of drug-likeness (QED) is 0.245. The minimum atomic E-state index is 0. The second kappa shape index (κ2) is 11.4. The van der Waals surface area contributed by atoms with Crippen LogP contribution in [0.2, 0.25) is 0 Å². The molecule has 0 aliphatic heterocycles. The van der Waals surface area contributed by atoms with Gasteiger partial charge in [0.2, 0.25) is 0 Å². The molecular weight excluding hydrogens is 373 g/mol. The van der Waals surface area contributed by atoms with E-state index in [1.54, 1.807) is 18.9 Å². The van der Waals surface area contributed by atoms with Crippen molar-refractivity contribution in [2.45, 2.75) is 17.9 Å². The fourth-order valence-electron chi connectivity index (χ4n) is 1.44. The van der Waals surface area contributed by atoms with Gasteiger partial charge in [-0.15, -0.1) is 35.7 Å². The smallest absolute Gasteiger partial charge is 0.188 e. The highest BCUT2D eigenvalue weighted by atomic mass is 127. The number of hydrogen-bond acceptors (Lipinski definition) is 3. The van der Waals surface area contributed by atoms with Crippen molar-refractivity contribution in [3.8, 4) is 0 Å². The summed E-state index contributed by atoms with van der Waals surface area (Å²) < 4.78 is 5.01. The first-order valence-electron chi connectivity index (χ1n) is 5.95. The zero-order valence-corrected chi connectivity index (χ0v) is 14.5. The van der Waals surface area contributed by atoms with E-state index in [-0.39, 0.29) is 30.0 Å². The summed E-state index contributed by atoms with van der Waals surface area (Å²) in [4.78, 5) is 5.52. The van der Waals surface area contributed by atoms with Crippen LogP contribution in [-0.4, -0.2) is 38.0 Å². The van der Waals surface area contributed by atoms with Gasteiger partial charge >= 0.3 is 0 Å². The highest BCUT2D eigenvalue weighted by molar-refractivity contribution is 14.0. The average molecular weight is 395 g/mol. The molecule has 1 unspecified atom stereocenters. The summed E-state index contributed by atoms with van der Waals surface area (Å²) in [5.41, 5.74) is 5.76. The maximum atomic E-state index is 5.76. The topological polar surface area (TPSA) is 59.6 Å². The zero-order valence-electron chi connectivity index (χ0n) is 11.3. The van der Waals surface area contributed by atoms with Gasteiger partial charge < -0.3 is 15.8 Å². The zero-order chi connectivity index (χ0) is 13.2. The third-order valence-corrected chi connectivity index (χ3v) is 3.19. The third-order valence-electron chi connectivity index (χ3n) is 2.20. The Labute approximate surface area is 136 Å². The Balaban J connectivity index is 0.00000324. The van der Waals surface area contributed by atoms with Gasteiger partial charge in [0.1, 0.15) is 0 Å². The largest absolute Gasteiger partial charge is 0.383 e. The molecular formula is C13H22IN3OS. The minimum absolute atomic E-state index is 0. The molecule has 0 spiro atoms. The van der Waals surface area contributed by atoms with Crippen LogP contribution in [-0.2, 0) is 4.74 Å². The van der Waals surface area contributed by atoms with Crippen LogP contribution in [0.1, 0.15) is 6.92 Å². The highest BCUT2D eigenvalue weighted by Gasteiger charge is 2.00. The molecule has 0 aliphatic carbocycles. The first kappa shape index (κ1) is 18.5. The molecule has 1 rings (SSSR count). The Bertz CT molecular complexity index is 362. The number of guanidine groups is 1. The fraction of sp³-hybridized carbons (Fsp3) is 0.462. The van der Waals surface area contributed by atoms with Crippen LogP contribution < -0.4 is 11.1 Å². The van der Waals surface area contributed by atoms with Gasteiger partial charge in [-0.2, -0.15) is 0 Å². The van der Waals surface area contributed by atoms with E-state index in [4.69, 9.17) is 10.5 Å². The Morgan fingerprint density at radius 3 is 2.74 bits per heavy atom. The van der Waals surface area contributed by atoms with Crippen molar-refractivity contribution in [2.24, 2.45) is 10.7 Å². The van der Waals surface area contributed by atoms with E-state index in [2.05, 4.69) is 22.4 Å². The number of nitrogens with zero attached hydrogens (tertiary/aromatic N) is 1. The summed E-state index contributed by atoms with van der Waals surface area (Å²) in [7, 11) is 1.67. The van der Waals surface area contributed by atoms with Crippen LogP contribution in [0.3, 0.4) is 0 Å². The van der Waals surface area contributed by atoms with Crippen molar-refractivity contribution in [3.63, 3.8) is 0 Å². The van der Waals surface area contributed by atoms with Crippen LogP contribution >= 0.6 is 35.7 Å². The van der Waals surface area contributed by atoms with Crippen LogP contribution in [0, 0.1) is 0 Å². The van der Waals surface area contributed by atoms with E-state index < -0.39 is 0 Å². The molecule has 0 amide bonds. The van der Waals surface area contributed by atoms with Gasteiger partial charge in [0.15, 0.2) is 5.96 Å². The molecule has 1 aromatic rings. The number of benzene rings is 1. The van der Waals surface area contributed by atoms with Crippen molar-refractivity contribution < 1.29 is 4.74 Å². The van der Waals surface area contributed by atoms with Crippen molar-refractivity contribution in [3.05, 3.63) is 30.3 Å². The second-order valence-corrected chi connectivity index (χ2v) is 5.10. The van der Waals surface area contributed by atoms with Crippen molar-refractivity contribution in [1.29, 1.82) is 0 Å². The fourth-order valence-corrected chi connectivity index (χ4v) is 2.20. The molecule has 0 aliphatic rings. The van der Waals surface area contributed by atoms with Gasteiger partial charge in [0.25, 0.3) is 0 Å². The van der Waals surface area contributed by atoms with Crippen LogP contribution in [0.25, 0.3) is 0 Å². The van der Waals surface area contributed by atoms with E-state index >= 15 is 0 Å². The third kappa shape index (κ3) is 9.12. The summed E-state index contributed by atoms with van der Waals surface area (Å²) in [5.74, 6) is 1.40. The molecule has 0 heterocycles. The van der Waals surface area contributed by atoms with Gasteiger partial charge in [0.05, 0.1) is 13.2 Å². The van der Waals surface area contributed by atoms with E-state index in [0.29, 0.717) is 19.1 Å². The maximum absolute atomic E-state index is 5.76. The summed E-state index contributed by atoms with van der Waals surface area (Å²) in [5, 5.41) is 3.07. The lowest BCUT2D eigenvalue weighted by Crippen LogP contribution is -2.40. The van der Waals surface area contributed by atoms with E-state index in [9.17, 15) is 0 Å². The normalized spacial score (nSPS) is 12.6. The first-order chi connectivity index (χ1) is 8.72. The number of aliphatic imine (C=N–C) groups is 1. The molecule has 0 saturated carbocycles. The van der Waals surface area contributed by atoms with Gasteiger partial charge in [-0.3, -0.25) is 4.99 Å². The predicted octanol–water partition coefficient (Wildman–Crippen LogP) is 2.34. The SMILES string of the molecule is COCC(C)NC(N)=NCCSc1ccccc1.I. The van der Waals surface area contributed by atoms with E-state index in [1.165, 1.54) is 4.90 Å². The molecule has 0 radical (unpaired) electrons. The maximum Gasteiger partial charge on any atom is 0.188 e. The molecule has 6 heteroatoms. The highest BCUT2D eigenvalue weighted by Crippen LogP contribution is 2.16. The van der Waals surface area contributed by atoms with Crippen molar-refractivity contribution in [1.82, 2.24) is 5.32 Å².